The van der Waals surface area contributed by atoms with Crippen LogP contribution in [-0.2, 0) is 16.1 Å². The topological polar surface area (TPSA) is 63.3 Å². The first kappa shape index (κ1) is 19.5. The van der Waals surface area contributed by atoms with Gasteiger partial charge in [-0.3, -0.25) is 9.69 Å². The average Bonchev–Trinajstić information content (AvgIpc) is 3.22. The zero-order chi connectivity index (χ0) is 20.1. The number of rotatable bonds is 7. The van der Waals surface area contributed by atoms with Gasteiger partial charge in [0, 0.05) is 31.0 Å². The fourth-order valence-corrected chi connectivity index (χ4v) is 3.56. The lowest BCUT2D eigenvalue weighted by Gasteiger charge is -2.29. The molecule has 2 aliphatic rings. The molecule has 0 saturated carbocycles. The number of hydrogen-bond acceptors (Lipinski definition) is 6. The minimum Gasteiger partial charge on any atom is -0.454 e. The first-order chi connectivity index (χ1) is 14.2. The molecule has 2 aliphatic heterocycles. The molecule has 29 heavy (non-hydrogen) atoms. The second-order valence-electron chi connectivity index (χ2n) is 7.19. The largest absolute Gasteiger partial charge is 0.454 e. The van der Waals surface area contributed by atoms with E-state index in [-0.39, 0.29) is 12.7 Å². The number of hydrogen-bond donors (Lipinski definition) is 1. The number of nitrogens with one attached hydrogen (secondary N) is 1. The third-order valence-corrected chi connectivity index (χ3v) is 5.18. The molecular formula is C22H27N3O4. The molecule has 0 aromatic heterocycles. The predicted octanol–water partition coefficient (Wildman–Crippen LogP) is 2.71. The van der Waals surface area contributed by atoms with Gasteiger partial charge in [-0.25, -0.2) is 0 Å². The molecule has 154 valence electrons. The fraction of sp³-hybridized carbons (Fsp3) is 0.409. The Bertz CT molecular complexity index is 834. The minimum absolute atomic E-state index is 0.0216. The second-order valence-corrected chi connectivity index (χ2v) is 7.19. The van der Waals surface area contributed by atoms with Gasteiger partial charge in [-0.1, -0.05) is 13.0 Å². The van der Waals surface area contributed by atoms with Crippen LogP contribution >= 0.6 is 0 Å². The van der Waals surface area contributed by atoms with E-state index >= 15 is 0 Å². The summed E-state index contributed by atoms with van der Waals surface area (Å²) in [5.41, 5.74) is 3.06. The van der Waals surface area contributed by atoms with E-state index in [4.69, 9.17) is 14.2 Å². The molecule has 2 heterocycles. The summed E-state index contributed by atoms with van der Waals surface area (Å²) in [6.45, 7) is 7.42. The fourth-order valence-electron chi connectivity index (χ4n) is 3.56. The molecular weight excluding hydrogens is 370 g/mol. The van der Waals surface area contributed by atoms with Crippen LogP contribution in [0.5, 0.6) is 11.5 Å². The molecule has 1 saturated heterocycles. The Hall–Kier alpha value is -2.77. The minimum atomic E-state index is -0.0216. The maximum absolute atomic E-state index is 12.5. The van der Waals surface area contributed by atoms with Crippen LogP contribution in [-0.4, -0.2) is 57.0 Å². The summed E-state index contributed by atoms with van der Waals surface area (Å²) in [7, 11) is 0. The number of fused-ring (bicyclic) bond motifs is 1. The summed E-state index contributed by atoms with van der Waals surface area (Å²) in [5.74, 6) is 1.52. The van der Waals surface area contributed by atoms with E-state index in [9.17, 15) is 4.79 Å². The molecule has 0 bridgehead atoms. The van der Waals surface area contributed by atoms with Crippen molar-refractivity contribution in [3.8, 4) is 11.5 Å². The van der Waals surface area contributed by atoms with Crippen LogP contribution in [0.4, 0.5) is 11.4 Å². The summed E-state index contributed by atoms with van der Waals surface area (Å²) in [4.78, 5) is 16.9. The first-order valence-corrected chi connectivity index (χ1v) is 10.0. The predicted molar refractivity (Wildman–Crippen MR) is 112 cm³/mol. The molecule has 4 rings (SSSR count). The monoisotopic (exact) mass is 397 g/mol. The number of likely N-dealkylation sites (N-methyl/N-ethyl adjacent to an activating group) is 1. The highest BCUT2D eigenvalue weighted by atomic mass is 16.7. The number of carbonyl (C=O) groups is 1. The lowest BCUT2D eigenvalue weighted by Crippen LogP contribution is -2.36. The average molecular weight is 397 g/mol. The lowest BCUT2D eigenvalue weighted by atomic mass is 10.2. The van der Waals surface area contributed by atoms with E-state index in [1.165, 1.54) is 0 Å². The van der Waals surface area contributed by atoms with Gasteiger partial charge in [0.05, 0.1) is 19.8 Å². The summed E-state index contributed by atoms with van der Waals surface area (Å²) in [6, 6.07) is 13.9. The Kier molecular flexibility index (Phi) is 6.17. The van der Waals surface area contributed by atoms with E-state index in [1.54, 1.807) is 0 Å². The van der Waals surface area contributed by atoms with E-state index in [2.05, 4.69) is 22.0 Å². The number of benzene rings is 2. The number of amides is 1. The van der Waals surface area contributed by atoms with Gasteiger partial charge in [0.1, 0.15) is 0 Å². The standard InChI is InChI=1S/C22H27N3O4/c1-2-24(14-17-3-8-20-21(13-17)29-16-28-20)15-22(26)23-18-4-6-19(7-5-18)25-9-11-27-12-10-25/h3-8,13H,2,9-12,14-16H2,1H3,(H,23,26). The zero-order valence-corrected chi connectivity index (χ0v) is 16.7. The first-order valence-electron chi connectivity index (χ1n) is 10.0. The quantitative estimate of drug-likeness (QED) is 0.775. The number of morpholine rings is 1. The number of anilines is 2. The van der Waals surface area contributed by atoms with Gasteiger partial charge in [0.2, 0.25) is 12.7 Å². The third-order valence-electron chi connectivity index (χ3n) is 5.18. The van der Waals surface area contributed by atoms with Gasteiger partial charge in [0.25, 0.3) is 0 Å². The van der Waals surface area contributed by atoms with Crippen molar-refractivity contribution in [2.24, 2.45) is 0 Å². The molecule has 0 spiro atoms. The van der Waals surface area contributed by atoms with E-state index in [0.717, 1.165) is 61.3 Å². The van der Waals surface area contributed by atoms with Crippen molar-refractivity contribution >= 4 is 17.3 Å². The van der Waals surface area contributed by atoms with Crippen LogP contribution in [0.3, 0.4) is 0 Å². The normalized spacial score (nSPS) is 15.6. The van der Waals surface area contributed by atoms with Crippen LogP contribution < -0.4 is 19.7 Å². The maximum Gasteiger partial charge on any atom is 0.238 e. The smallest absolute Gasteiger partial charge is 0.238 e. The van der Waals surface area contributed by atoms with E-state index in [0.29, 0.717) is 13.1 Å². The molecule has 1 amide bonds. The highest BCUT2D eigenvalue weighted by Crippen LogP contribution is 2.32. The molecule has 0 atom stereocenters. The van der Waals surface area contributed by atoms with Crippen LogP contribution in [0.1, 0.15) is 12.5 Å². The Morgan fingerprint density at radius 2 is 1.83 bits per heavy atom. The van der Waals surface area contributed by atoms with Gasteiger partial charge >= 0.3 is 0 Å². The SMILES string of the molecule is CCN(CC(=O)Nc1ccc(N2CCOCC2)cc1)Cc1ccc2c(c1)OCO2. The Balaban J connectivity index is 1.30. The molecule has 1 fully saturated rings. The molecule has 0 unspecified atom stereocenters. The molecule has 0 radical (unpaired) electrons. The van der Waals surface area contributed by atoms with Crippen molar-refractivity contribution in [2.45, 2.75) is 13.5 Å². The van der Waals surface area contributed by atoms with E-state index < -0.39 is 0 Å². The maximum atomic E-state index is 12.5. The Morgan fingerprint density at radius 1 is 1.07 bits per heavy atom. The van der Waals surface area contributed by atoms with Gasteiger partial charge in [-0.05, 0) is 48.5 Å². The molecule has 2 aromatic rings. The van der Waals surface area contributed by atoms with Crippen LogP contribution in [0.25, 0.3) is 0 Å². The zero-order valence-electron chi connectivity index (χ0n) is 16.7. The molecule has 7 nitrogen and oxygen atoms in total. The molecule has 2 aromatic carbocycles. The van der Waals surface area contributed by atoms with Gasteiger partial charge in [-0.2, -0.15) is 0 Å². The van der Waals surface area contributed by atoms with Crippen molar-refractivity contribution < 1.29 is 19.0 Å². The molecule has 1 N–H and O–H groups in total. The van der Waals surface area contributed by atoms with Crippen LogP contribution in [0, 0.1) is 0 Å². The summed E-state index contributed by atoms with van der Waals surface area (Å²) in [5, 5.41) is 3.00. The van der Waals surface area contributed by atoms with Crippen LogP contribution in [0.15, 0.2) is 42.5 Å². The van der Waals surface area contributed by atoms with Crippen molar-refractivity contribution in [1.29, 1.82) is 0 Å². The van der Waals surface area contributed by atoms with Crippen molar-refractivity contribution in [1.82, 2.24) is 4.90 Å². The summed E-state index contributed by atoms with van der Waals surface area (Å²) < 4.78 is 16.2. The van der Waals surface area contributed by atoms with Crippen molar-refractivity contribution in [2.75, 3.05) is 56.4 Å². The Labute approximate surface area is 171 Å². The second kappa shape index (κ2) is 9.15. The number of ether oxygens (including phenoxy) is 3. The highest BCUT2D eigenvalue weighted by Gasteiger charge is 2.16. The molecule has 7 heteroatoms. The third kappa shape index (κ3) is 4.99. The summed E-state index contributed by atoms with van der Waals surface area (Å²) in [6.07, 6.45) is 0. The van der Waals surface area contributed by atoms with Crippen molar-refractivity contribution in [3.63, 3.8) is 0 Å². The van der Waals surface area contributed by atoms with Crippen LogP contribution in [0.2, 0.25) is 0 Å². The van der Waals surface area contributed by atoms with Gasteiger partial charge in [0.15, 0.2) is 11.5 Å². The van der Waals surface area contributed by atoms with Gasteiger partial charge in [-0.15, -0.1) is 0 Å². The number of carbonyl (C=O) groups excluding carboxylic acids is 1. The highest BCUT2D eigenvalue weighted by molar-refractivity contribution is 5.92. The molecule has 0 aliphatic carbocycles. The lowest BCUT2D eigenvalue weighted by molar-refractivity contribution is -0.117. The van der Waals surface area contributed by atoms with Gasteiger partial charge < -0.3 is 24.4 Å². The number of nitrogens with zero attached hydrogens (tertiary/aromatic N) is 2. The van der Waals surface area contributed by atoms with Crippen molar-refractivity contribution in [3.05, 3.63) is 48.0 Å². The Morgan fingerprint density at radius 3 is 2.59 bits per heavy atom. The van der Waals surface area contributed by atoms with E-state index in [1.807, 2.05) is 42.5 Å². The summed E-state index contributed by atoms with van der Waals surface area (Å²) >= 11 is 0.